The molecule has 0 radical (unpaired) electrons. The van der Waals surface area contributed by atoms with Gasteiger partial charge in [-0.2, -0.15) is 0 Å². The summed E-state index contributed by atoms with van der Waals surface area (Å²) in [7, 11) is -2.18. The van der Waals surface area contributed by atoms with Gasteiger partial charge < -0.3 is 35.3 Å². The standard InChI is InChI=1S/C33H49N3O8S/c1-4-10-28(11-5-2)45(40,41)23-30(36-33(39)44-27-16-17-43-22-27)32(38)35-29(19-24-12-7-6-8-13-24)31(37)21-34-20-25-14-9-15-26(18-25)42-3/h6-9,12-15,18,27-31,34,37H,4-5,10-11,16-17,19-23H2,1-3H3,(H,35,38)(H,36,39)/t27-,29-,30-,31+/m0/s1. The molecule has 1 aliphatic rings. The Morgan fingerprint density at radius 1 is 1.02 bits per heavy atom. The Hall–Kier alpha value is -3.19. The highest BCUT2D eigenvalue weighted by Gasteiger charge is 2.35. The van der Waals surface area contributed by atoms with Crippen molar-refractivity contribution in [1.29, 1.82) is 0 Å². The van der Waals surface area contributed by atoms with Crippen molar-refractivity contribution in [2.75, 3.05) is 32.6 Å². The summed E-state index contributed by atoms with van der Waals surface area (Å²) >= 11 is 0. The molecule has 2 aromatic rings. The molecule has 0 aliphatic carbocycles. The summed E-state index contributed by atoms with van der Waals surface area (Å²) < 4.78 is 43.0. The zero-order valence-corrected chi connectivity index (χ0v) is 27.4. The number of nitrogens with one attached hydrogen (secondary N) is 3. The summed E-state index contributed by atoms with van der Waals surface area (Å²) in [4.78, 5) is 26.6. The van der Waals surface area contributed by atoms with Gasteiger partial charge in [0.2, 0.25) is 5.91 Å². The number of carbonyl (C=O) groups is 2. The third-order valence-electron chi connectivity index (χ3n) is 7.81. The summed E-state index contributed by atoms with van der Waals surface area (Å²) in [5.41, 5.74) is 1.83. The van der Waals surface area contributed by atoms with Crippen LogP contribution in [0.1, 0.15) is 57.1 Å². The molecule has 12 heteroatoms. The molecule has 45 heavy (non-hydrogen) atoms. The maximum absolute atomic E-state index is 13.8. The van der Waals surface area contributed by atoms with Gasteiger partial charge in [0.25, 0.3) is 0 Å². The lowest BCUT2D eigenvalue weighted by molar-refractivity contribution is -0.124. The maximum Gasteiger partial charge on any atom is 0.408 e. The van der Waals surface area contributed by atoms with Gasteiger partial charge >= 0.3 is 6.09 Å². The molecule has 0 unspecified atom stereocenters. The molecule has 11 nitrogen and oxygen atoms in total. The number of rotatable bonds is 19. The average Bonchev–Trinajstić information content (AvgIpc) is 3.53. The van der Waals surface area contributed by atoms with Crippen molar-refractivity contribution in [3.05, 3.63) is 65.7 Å². The second kappa shape index (κ2) is 18.7. The molecule has 4 N–H and O–H groups in total. The third-order valence-corrected chi connectivity index (χ3v) is 10.1. The van der Waals surface area contributed by atoms with E-state index in [1.807, 2.05) is 68.4 Å². The van der Waals surface area contributed by atoms with Crippen molar-refractivity contribution < 1.29 is 37.3 Å². The van der Waals surface area contributed by atoms with Crippen molar-refractivity contribution in [2.24, 2.45) is 0 Å². The van der Waals surface area contributed by atoms with E-state index in [1.165, 1.54) is 0 Å². The van der Waals surface area contributed by atoms with Crippen LogP contribution in [0.5, 0.6) is 5.75 Å². The first-order valence-electron chi connectivity index (χ1n) is 15.8. The summed E-state index contributed by atoms with van der Waals surface area (Å²) in [6.45, 7) is 5.13. The molecule has 1 fully saturated rings. The van der Waals surface area contributed by atoms with Gasteiger partial charge in [0, 0.05) is 19.5 Å². The smallest absolute Gasteiger partial charge is 0.408 e. The second-order valence-electron chi connectivity index (χ2n) is 11.5. The predicted octanol–water partition coefficient (Wildman–Crippen LogP) is 3.14. The van der Waals surface area contributed by atoms with Gasteiger partial charge in [-0.3, -0.25) is 4.79 Å². The molecule has 4 atom stereocenters. The van der Waals surface area contributed by atoms with Gasteiger partial charge in [-0.25, -0.2) is 13.2 Å². The first kappa shape index (κ1) is 36.3. The molecular weight excluding hydrogens is 598 g/mol. The highest BCUT2D eigenvalue weighted by molar-refractivity contribution is 7.92. The highest BCUT2D eigenvalue weighted by Crippen LogP contribution is 2.18. The number of aliphatic hydroxyl groups excluding tert-OH is 1. The molecule has 0 bridgehead atoms. The first-order chi connectivity index (χ1) is 21.6. The van der Waals surface area contributed by atoms with E-state index in [-0.39, 0.29) is 19.6 Å². The molecule has 2 amide bonds. The van der Waals surface area contributed by atoms with Crippen LogP contribution in [0.15, 0.2) is 54.6 Å². The van der Waals surface area contributed by atoms with Crippen LogP contribution in [0.3, 0.4) is 0 Å². The lowest BCUT2D eigenvalue weighted by atomic mass is 10.0. The van der Waals surface area contributed by atoms with E-state index in [4.69, 9.17) is 14.2 Å². The summed E-state index contributed by atoms with van der Waals surface area (Å²) in [6, 6.07) is 14.7. The minimum Gasteiger partial charge on any atom is -0.497 e. The van der Waals surface area contributed by atoms with Crippen LogP contribution in [0.2, 0.25) is 0 Å². The van der Waals surface area contributed by atoms with Gasteiger partial charge in [0.05, 0.1) is 43.5 Å². The Bertz CT molecular complexity index is 1280. The van der Waals surface area contributed by atoms with E-state index >= 15 is 0 Å². The quantitative estimate of drug-likeness (QED) is 0.180. The number of hydrogen-bond acceptors (Lipinski definition) is 9. The molecule has 3 rings (SSSR count). The third kappa shape index (κ3) is 12.3. The summed E-state index contributed by atoms with van der Waals surface area (Å²) in [5.74, 6) is -0.573. The van der Waals surface area contributed by atoms with Gasteiger partial charge in [-0.05, 0) is 42.5 Å². The van der Waals surface area contributed by atoms with Crippen LogP contribution in [0.4, 0.5) is 4.79 Å². The van der Waals surface area contributed by atoms with Crippen LogP contribution in [-0.2, 0) is 37.1 Å². The van der Waals surface area contributed by atoms with Gasteiger partial charge in [-0.1, -0.05) is 69.2 Å². The molecule has 1 aliphatic heterocycles. The largest absolute Gasteiger partial charge is 0.497 e. The molecule has 0 saturated carbocycles. The zero-order valence-electron chi connectivity index (χ0n) is 26.6. The van der Waals surface area contributed by atoms with E-state index in [0.717, 1.165) is 16.9 Å². The lowest BCUT2D eigenvalue weighted by Crippen LogP contribution is -2.57. The fraction of sp³-hybridized carbons (Fsp3) is 0.576. The van der Waals surface area contributed by atoms with Gasteiger partial charge in [0.15, 0.2) is 9.84 Å². The molecule has 2 aromatic carbocycles. The van der Waals surface area contributed by atoms with E-state index in [9.17, 15) is 23.1 Å². The van der Waals surface area contributed by atoms with Crippen molar-refractivity contribution in [3.63, 3.8) is 0 Å². The van der Waals surface area contributed by atoms with E-state index in [2.05, 4.69) is 16.0 Å². The Kier molecular flexibility index (Phi) is 15.1. The van der Waals surface area contributed by atoms with Crippen LogP contribution in [-0.4, -0.2) is 87.7 Å². The van der Waals surface area contributed by atoms with E-state index in [0.29, 0.717) is 45.3 Å². The number of methoxy groups -OCH3 is 1. The number of ether oxygens (including phenoxy) is 3. The van der Waals surface area contributed by atoms with Crippen LogP contribution in [0, 0.1) is 0 Å². The molecule has 250 valence electrons. The minimum absolute atomic E-state index is 0.143. The monoisotopic (exact) mass is 647 g/mol. The number of benzene rings is 2. The topological polar surface area (TPSA) is 152 Å². The molecule has 1 saturated heterocycles. The van der Waals surface area contributed by atoms with Gasteiger partial charge in [-0.15, -0.1) is 0 Å². The molecule has 0 aromatic heterocycles. The zero-order chi connectivity index (χ0) is 32.7. The van der Waals surface area contributed by atoms with Crippen molar-refractivity contribution in [1.82, 2.24) is 16.0 Å². The molecule has 1 heterocycles. The SMILES string of the molecule is CCCC(CCC)S(=O)(=O)C[C@H](NC(=O)O[C@H]1CCOC1)C(=O)N[C@@H](Cc1ccccc1)[C@H](O)CNCc1cccc(OC)c1. The Labute approximate surface area is 267 Å². The Balaban J connectivity index is 1.78. The molecular formula is C33H49N3O8S. The molecule has 0 spiro atoms. The highest BCUT2D eigenvalue weighted by atomic mass is 32.2. The Morgan fingerprint density at radius 3 is 2.38 bits per heavy atom. The van der Waals surface area contributed by atoms with Crippen molar-refractivity contribution in [3.8, 4) is 5.75 Å². The van der Waals surface area contributed by atoms with Crippen LogP contribution >= 0.6 is 0 Å². The lowest BCUT2D eigenvalue weighted by Gasteiger charge is -2.28. The second-order valence-corrected chi connectivity index (χ2v) is 13.8. The number of carbonyl (C=O) groups excluding carboxylic acids is 2. The fourth-order valence-electron chi connectivity index (χ4n) is 5.36. The number of sulfone groups is 1. The maximum atomic E-state index is 13.8. The predicted molar refractivity (Wildman–Crippen MR) is 173 cm³/mol. The van der Waals surface area contributed by atoms with Gasteiger partial charge in [0.1, 0.15) is 17.9 Å². The first-order valence-corrected chi connectivity index (χ1v) is 17.5. The summed E-state index contributed by atoms with van der Waals surface area (Å²) in [5, 5.41) is 19.2. The number of amides is 2. The Morgan fingerprint density at radius 2 is 1.73 bits per heavy atom. The minimum atomic E-state index is -3.77. The number of aliphatic hydroxyl groups is 1. The van der Waals surface area contributed by atoms with Crippen LogP contribution < -0.4 is 20.7 Å². The van der Waals surface area contributed by atoms with Crippen molar-refractivity contribution >= 4 is 21.8 Å². The van der Waals surface area contributed by atoms with Crippen molar-refractivity contribution in [2.45, 2.75) is 88.5 Å². The fourth-order valence-corrected chi connectivity index (χ4v) is 7.52. The average molecular weight is 648 g/mol. The van der Waals surface area contributed by atoms with Crippen LogP contribution in [0.25, 0.3) is 0 Å². The van der Waals surface area contributed by atoms with E-state index < -0.39 is 57.1 Å². The normalized spacial score (nSPS) is 17.0. The number of alkyl carbamates (subject to hydrolysis) is 1. The number of hydrogen-bond donors (Lipinski definition) is 4. The van der Waals surface area contributed by atoms with E-state index in [1.54, 1.807) is 7.11 Å². The summed E-state index contributed by atoms with van der Waals surface area (Å²) in [6.07, 6.45) is 0.680.